The van der Waals surface area contributed by atoms with Gasteiger partial charge in [-0.05, 0) is 48.4 Å². The zero-order valence-electron chi connectivity index (χ0n) is 14.3. The average molecular weight is 329 g/mol. The first-order valence-corrected chi connectivity index (χ1v) is 8.00. The van der Waals surface area contributed by atoms with Gasteiger partial charge in [0.1, 0.15) is 6.61 Å². The van der Waals surface area contributed by atoms with Gasteiger partial charge in [0, 0.05) is 0 Å². The minimum atomic E-state index is 0.0958. The molecule has 1 N–H and O–H groups in total. The van der Waals surface area contributed by atoms with Crippen molar-refractivity contribution in [3.05, 3.63) is 47.5 Å². The lowest BCUT2D eigenvalue weighted by atomic mass is 9.94. The van der Waals surface area contributed by atoms with Crippen LogP contribution >= 0.6 is 0 Å². The summed E-state index contributed by atoms with van der Waals surface area (Å²) in [7, 11) is 4.96. The van der Waals surface area contributed by atoms with Crippen molar-refractivity contribution in [1.82, 2.24) is 5.32 Å². The maximum Gasteiger partial charge on any atom is 0.161 e. The lowest BCUT2D eigenvalue weighted by Gasteiger charge is -2.28. The van der Waals surface area contributed by atoms with Crippen molar-refractivity contribution in [2.24, 2.45) is 0 Å². The van der Waals surface area contributed by atoms with Crippen LogP contribution in [0, 0.1) is 0 Å². The van der Waals surface area contributed by atoms with E-state index in [-0.39, 0.29) is 6.04 Å². The molecule has 1 unspecified atom stereocenters. The third-order valence-electron chi connectivity index (χ3n) is 4.28. The fraction of sp³-hybridized carbons (Fsp3) is 0.368. The van der Waals surface area contributed by atoms with E-state index < -0.39 is 0 Å². The molecule has 1 aliphatic heterocycles. The van der Waals surface area contributed by atoms with E-state index in [1.807, 2.05) is 30.3 Å². The van der Waals surface area contributed by atoms with E-state index in [4.69, 9.17) is 18.9 Å². The molecule has 3 rings (SSSR count). The van der Waals surface area contributed by atoms with E-state index in [9.17, 15) is 0 Å². The molecule has 2 aromatic rings. The second-order valence-corrected chi connectivity index (χ2v) is 5.62. The number of fused-ring (bicyclic) bond motifs is 1. The Bertz CT molecular complexity index is 702. The van der Waals surface area contributed by atoms with Crippen LogP contribution in [-0.2, 0) is 6.42 Å². The number of nitrogens with one attached hydrogen (secondary N) is 1. The van der Waals surface area contributed by atoms with Crippen LogP contribution in [0.25, 0.3) is 0 Å². The quantitative estimate of drug-likeness (QED) is 0.883. The van der Waals surface area contributed by atoms with Gasteiger partial charge in [-0.2, -0.15) is 0 Å². The topological polar surface area (TPSA) is 49.0 Å². The Labute approximate surface area is 142 Å². The van der Waals surface area contributed by atoms with Crippen molar-refractivity contribution in [3.63, 3.8) is 0 Å². The molecule has 0 aliphatic carbocycles. The summed E-state index contributed by atoms with van der Waals surface area (Å²) in [6.45, 7) is 1.42. The number of benzene rings is 2. The van der Waals surface area contributed by atoms with Gasteiger partial charge in [-0.25, -0.2) is 0 Å². The Kier molecular flexibility index (Phi) is 5.11. The summed E-state index contributed by atoms with van der Waals surface area (Å²) in [6, 6.07) is 11.9. The molecule has 0 aromatic heterocycles. The van der Waals surface area contributed by atoms with E-state index >= 15 is 0 Å². The predicted molar refractivity (Wildman–Crippen MR) is 92.5 cm³/mol. The molecule has 1 atom stereocenters. The zero-order chi connectivity index (χ0) is 16.9. The third kappa shape index (κ3) is 3.26. The van der Waals surface area contributed by atoms with Gasteiger partial charge < -0.3 is 24.3 Å². The highest BCUT2D eigenvalue weighted by atomic mass is 16.5. The summed E-state index contributed by atoms with van der Waals surface area (Å²) < 4.78 is 22.2. The Morgan fingerprint density at radius 3 is 2.29 bits per heavy atom. The maximum absolute atomic E-state index is 5.99. The molecule has 0 fully saturated rings. The van der Waals surface area contributed by atoms with Crippen molar-refractivity contribution in [2.45, 2.75) is 12.5 Å². The molecule has 5 nitrogen and oxygen atoms in total. The van der Waals surface area contributed by atoms with Gasteiger partial charge >= 0.3 is 0 Å². The molecule has 0 spiro atoms. The first-order chi connectivity index (χ1) is 11.8. The molecule has 24 heavy (non-hydrogen) atoms. The lowest BCUT2D eigenvalue weighted by Crippen LogP contribution is -2.33. The molecule has 0 saturated carbocycles. The van der Waals surface area contributed by atoms with Gasteiger partial charge in [0.25, 0.3) is 0 Å². The Hall–Kier alpha value is -2.40. The van der Waals surface area contributed by atoms with Gasteiger partial charge in [-0.15, -0.1) is 0 Å². The first kappa shape index (κ1) is 16.5. The highest BCUT2D eigenvalue weighted by molar-refractivity contribution is 5.49. The van der Waals surface area contributed by atoms with Crippen molar-refractivity contribution < 1.29 is 18.9 Å². The van der Waals surface area contributed by atoms with Crippen molar-refractivity contribution in [2.75, 3.05) is 34.5 Å². The van der Waals surface area contributed by atoms with Crippen LogP contribution in [0.15, 0.2) is 36.4 Å². The van der Waals surface area contributed by atoms with Gasteiger partial charge in [0.15, 0.2) is 23.0 Å². The predicted octanol–water partition coefficient (Wildman–Crippen LogP) is 2.98. The fourth-order valence-electron chi connectivity index (χ4n) is 3.03. The van der Waals surface area contributed by atoms with Crippen LogP contribution in [0.5, 0.6) is 23.0 Å². The molecule has 0 amide bonds. The monoisotopic (exact) mass is 329 g/mol. The molecule has 2 aromatic carbocycles. The van der Waals surface area contributed by atoms with Crippen LogP contribution < -0.4 is 24.3 Å². The first-order valence-electron chi connectivity index (χ1n) is 8.00. The molecular weight excluding hydrogens is 306 g/mol. The summed E-state index contributed by atoms with van der Waals surface area (Å²) in [4.78, 5) is 0. The fourth-order valence-corrected chi connectivity index (χ4v) is 3.03. The summed E-state index contributed by atoms with van der Waals surface area (Å²) in [6.07, 6.45) is 0.959. The van der Waals surface area contributed by atoms with Crippen LogP contribution in [-0.4, -0.2) is 34.5 Å². The summed E-state index contributed by atoms with van der Waals surface area (Å²) >= 11 is 0. The zero-order valence-corrected chi connectivity index (χ0v) is 14.3. The Balaban J connectivity index is 1.81. The molecule has 1 heterocycles. The molecule has 0 bridgehead atoms. The normalized spacial score (nSPS) is 16.2. The van der Waals surface area contributed by atoms with Gasteiger partial charge in [-0.3, -0.25) is 0 Å². The number of hydrogen-bond acceptors (Lipinski definition) is 5. The van der Waals surface area contributed by atoms with Crippen LogP contribution in [0.2, 0.25) is 0 Å². The molecule has 5 heteroatoms. The van der Waals surface area contributed by atoms with Gasteiger partial charge in [0.2, 0.25) is 0 Å². The van der Waals surface area contributed by atoms with E-state index in [1.165, 1.54) is 11.1 Å². The molecular formula is C19H23NO4. The molecule has 128 valence electrons. The van der Waals surface area contributed by atoms with Gasteiger partial charge in [0.05, 0.1) is 27.4 Å². The Morgan fingerprint density at radius 1 is 0.917 bits per heavy atom. The summed E-state index contributed by atoms with van der Waals surface area (Å²) in [5, 5.41) is 3.51. The number of ether oxygens (including phenoxy) is 4. The SMILES string of the molecule is COc1cc2c(cc1OC)C(COc1ccccc1OC)NCC2. The third-order valence-corrected chi connectivity index (χ3v) is 4.28. The Morgan fingerprint density at radius 2 is 1.58 bits per heavy atom. The number of hydrogen-bond donors (Lipinski definition) is 1. The largest absolute Gasteiger partial charge is 0.493 e. The average Bonchev–Trinajstić information content (AvgIpc) is 2.65. The smallest absolute Gasteiger partial charge is 0.161 e. The van der Waals surface area contributed by atoms with Crippen molar-refractivity contribution >= 4 is 0 Å². The number of para-hydroxylation sites is 2. The van der Waals surface area contributed by atoms with E-state index in [2.05, 4.69) is 11.4 Å². The second-order valence-electron chi connectivity index (χ2n) is 5.62. The highest BCUT2D eigenvalue weighted by Crippen LogP contribution is 2.36. The van der Waals surface area contributed by atoms with Crippen LogP contribution in [0.3, 0.4) is 0 Å². The van der Waals surface area contributed by atoms with Crippen LogP contribution in [0.1, 0.15) is 17.2 Å². The van der Waals surface area contributed by atoms with Crippen molar-refractivity contribution in [3.8, 4) is 23.0 Å². The number of rotatable bonds is 6. The van der Waals surface area contributed by atoms with E-state index in [1.54, 1.807) is 21.3 Å². The summed E-state index contributed by atoms with van der Waals surface area (Å²) in [5.74, 6) is 2.99. The number of methoxy groups -OCH3 is 3. The minimum absolute atomic E-state index is 0.0958. The molecule has 0 saturated heterocycles. The van der Waals surface area contributed by atoms with Crippen molar-refractivity contribution in [1.29, 1.82) is 0 Å². The van der Waals surface area contributed by atoms with Crippen LogP contribution in [0.4, 0.5) is 0 Å². The molecule has 1 aliphatic rings. The standard InChI is InChI=1S/C19H23NO4/c1-21-16-6-4-5-7-17(16)24-12-15-14-11-19(23-3)18(22-2)10-13(14)8-9-20-15/h4-7,10-11,15,20H,8-9,12H2,1-3H3. The second kappa shape index (κ2) is 7.45. The highest BCUT2D eigenvalue weighted by Gasteiger charge is 2.23. The van der Waals surface area contributed by atoms with E-state index in [0.717, 1.165) is 36.0 Å². The minimum Gasteiger partial charge on any atom is -0.493 e. The maximum atomic E-state index is 5.99. The van der Waals surface area contributed by atoms with Gasteiger partial charge in [-0.1, -0.05) is 12.1 Å². The molecule has 0 radical (unpaired) electrons. The summed E-state index contributed by atoms with van der Waals surface area (Å²) in [5.41, 5.74) is 2.45. The lowest BCUT2D eigenvalue weighted by molar-refractivity contribution is 0.248. The van der Waals surface area contributed by atoms with E-state index in [0.29, 0.717) is 6.61 Å².